The Balaban J connectivity index is 2.06. The molecule has 2 nitrogen and oxygen atoms in total. The van der Waals surface area contributed by atoms with E-state index in [0.717, 1.165) is 23.7 Å². The normalized spacial score (nSPS) is 39.6. The molecule has 20 heavy (non-hydrogen) atoms. The molecule has 2 rings (SSSR count). The van der Waals surface area contributed by atoms with Gasteiger partial charge in [-0.1, -0.05) is 27.2 Å². The Morgan fingerprint density at radius 3 is 2.45 bits per heavy atom. The summed E-state index contributed by atoms with van der Waals surface area (Å²) in [6.07, 6.45) is 8.72. The number of methoxy groups -OCH3 is 1. The van der Waals surface area contributed by atoms with Gasteiger partial charge < -0.3 is 9.47 Å². The summed E-state index contributed by atoms with van der Waals surface area (Å²) in [5.74, 6) is 4.12. The van der Waals surface area contributed by atoms with Crippen molar-refractivity contribution in [1.82, 2.24) is 0 Å². The molecule has 0 aromatic rings. The summed E-state index contributed by atoms with van der Waals surface area (Å²) in [6.45, 7) is 9.15. The zero-order chi connectivity index (χ0) is 14.7. The predicted octanol–water partition coefficient (Wildman–Crippen LogP) is 4.87. The molecule has 2 saturated carbocycles. The number of fused-ring (bicyclic) bond motifs is 3. The van der Waals surface area contributed by atoms with Crippen molar-refractivity contribution in [2.45, 2.75) is 78.6 Å². The fourth-order valence-electron chi connectivity index (χ4n) is 4.70. The lowest BCUT2D eigenvalue weighted by molar-refractivity contribution is -0.174. The first-order valence-corrected chi connectivity index (χ1v) is 8.67. The summed E-state index contributed by atoms with van der Waals surface area (Å²) in [6, 6.07) is 0. The molecular formula is C18H34O2. The molecule has 6 unspecified atom stereocenters. The highest BCUT2D eigenvalue weighted by molar-refractivity contribution is 4.89. The largest absolute Gasteiger partial charge is 0.356 e. The predicted molar refractivity (Wildman–Crippen MR) is 83.5 cm³/mol. The highest BCUT2D eigenvalue weighted by Gasteiger charge is 2.39. The minimum absolute atomic E-state index is 0.0653. The van der Waals surface area contributed by atoms with E-state index in [1.54, 1.807) is 7.11 Å². The van der Waals surface area contributed by atoms with Gasteiger partial charge in [0.1, 0.15) is 0 Å². The number of rotatable bonds is 5. The van der Waals surface area contributed by atoms with Crippen LogP contribution in [0.1, 0.15) is 66.2 Å². The molecule has 0 radical (unpaired) electrons. The second kappa shape index (κ2) is 7.26. The first-order chi connectivity index (χ1) is 9.49. The van der Waals surface area contributed by atoms with E-state index in [4.69, 9.17) is 9.47 Å². The number of ether oxygens (including phenoxy) is 2. The van der Waals surface area contributed by atoms with Crippen LogP contribution in [0.4, 0.5) is 0 Å². The molecule has 0 aromatic heterocycles. The van der Waals surface area contributed by atoms with Gasteiger partial charge in [-0.15, -0.1) is 0 Å². The average molecular weight is 282 g/mol. The van der Waals surface area contributed by atoms with Gasteiger partial charge in [-0.05, 0) is 68.6 Å². The van der Waals surface area contributed by atoms with Gasteiger partial charge in [-0.3, -0.25) is 0 Å². The van der Waals surface area contributed by atoms with Crippen LogP contribution in [0.15, 0.2) is 0 Å². The maximum absolute atomic E-state index is 6.25. The van der Waals surface area contributed by atoms with Crippen molar-refractivity contribution in [2.24, 2.45) is 29.6 Å². The first-order valence-electron chi connectivity index (χ1n) is 8.67. The van der Waals surface area contributed by atoms with E-state index in [1.165, 1.54) is 38.5 Å². The Morgan fingerprint density at radius 2 is 1.80 bits per heavy atom. The van der Waals surface area contributed by atoms with Gasteiger partial charge in [0.05, 0.1) is 6.10 Å². The van der Waals surface area contributed by atoms with Gasteiger partial charge in [0.15, 0.2) is 6.29 Å². The van der Waals surface area contributed by atoms with Crippen molar-refractivity contribution in [3.63, 3.8) is 0 Å². The lowest BCUT2D eigenvalue weighted by Gasteiger charge is -2.36. The first kappa shape index (κ1) is 16.3. The lowest BCUT2D eigenvalue weighted by Crippen LogP contribution is -2.35. The third kappa shape index (κ3) is 4.21. The highest BCUT2D eigenvalue weighted by atomic mass is 16.7. The monoisotopic (exact) mass is 282 g/mol. The van der Waals surface area contributed by atoms with Crippen LogP contribution < -0.4 is 0 Å². The molecule has 0 aliphatic heterocycles. The van der Waals surface area contributed by atoms with E-state index in [2.05, 4.69) is 20.8 Å². The highest BCUT2D eigenvalue weighted by Crippen LogP contribution is 2.45. The molecule has 118 valence electrons. The van der Waals surface area contributed by atoms with E-state index in [9.17, 15) is 0 Å². The van der Waals surface area contributed by atoms with Crippen LogP contribution in [0.5, 0.6) is 0 Å². The number of hydrogen-bond acceptors (Lipinski definition) is 2. The van der Waals surface area contributed by atoms with E-state index in [0.29, 0.717) is 12.0 Å². The Kier molecular flexibility index (Phi) is 5.92. The van der Waals surface area contributed by atoms with E-state index >= 15 is 0 Å². The molecule has 0 heterocycles. The Bertz CT molecular complexity index is 289. The van der Waals surface area contributed by atoms with Crippen molar-refractivity contribution >= 4 is 0 Å². The minimum Gasteiger partial charge on any atom is -0.356 e. The smallest absolute Gasteiger partial charge is 0.154 e. The molecule has 0 N–H and O–H groups in total. The van der Waals surface area contributed by atoms with Crippen LogP contribution in [0.25, 0.3) is 0 Å². The van der Waals surface area contributed by atoms with Gasteiger partial charge in [0.25, 0.3) is 0 Å². The molecule has 0 amide bonds. The third-order valence-electron chi connectivity index (χ3n) is 5.46. The zero-order valence-electron chi connectivity index (χ0n) is 14.1. The molecule has 2 fully saturated rings. The van der Waals surface area contributed by atoms with Crippen LogP contribution in [0.2, 0.25) is 0 Å². The van der Waals surface area contributed by atoms with Crippen LogP contribution in [-0.2, 0) is 9.47 Å². The molecule has 0 aromatic carbocycles. The zero-order valence-corrected chi connectivity index (χ0v) is 14.1. The summed E-state index contributed by atoms with van der Waals surface area (Å²) >= 11 is 0. The standard InChI is InChI=1S/C18H34O2/c1-12(2)8-16-10-15-6-7-17(11-16)18(13(3)9-15)20-14(4)19-5/h12-18H,6-11H2,1-5H3. The third-order valence-corrected chi connectivity index (χ3v) is 5.46. The van der Waals surface area contributed by atoms with Crippen LogP contribution in [0.3, 0.4) is 0 Å². The number of hydrogen-bond donors (Lipinski definition) is 0. The van der Waals surface area contributed by atoms with Crippen LogP contribution in [-0.4, -0.2) is 19.5 Å². The molecule has 6 atom stereocenters. The van der Waals surface area contributed by atoms with Crippen LogP contribution in [0, 0.1) is 29.6 Å². The van der Waals surface area contributed by atoms with E-state index in [-0.39, 0.29) is 6.29 Å². The van der Waals surface area contributed by atoms with Crippen molar-refractivity contribution in [3.05, 3.63) is 0 Å². The van der Waals surface area contributed by atoms with E-state index < -0.39 is 0 Å². The van der Waals surface area contributed by atoms with Crippen molar-refractivity contribution in [1.29, 1.82) is 0 Å². The Morgan fingerprint density at radius 1 is 1.05 bits per heavy atom. The lowest BCUT2D eigenvalue weighted by atomic mass is 9.76. The SMILES string of the molecule is COC(C)OC1C(C)CC2CCC1CC(CC(C)C)C2. The quantitative estimate of drug-likeness (QED) is 0.670. The maximum atomic E-state index is 6.25. The summed E-state index contributed by atoms with van der Waals surface area (Å²) in [5, 5.41) is 0. The minimum atomic E-state index is -0.0653. The Labute approximate surface area is 125 Å². The van der Waals surface area contributed by atoms with Crippen molar-refractivity contribution in [2.75, 3.05) is 7.11 Å². The summed E-state index contributed by atoms with van der Waals surface area (Å²) in [4.78, 5) is 0. The van der Waals surface area contributed by atoms with Gasteiger partial charge in [-0.2, -0.15) is 0 Å². The summed E-state index contributed by atoms with van der Waals surface area (Å²) < 4.78 is 11.6. The topological polar surface area (TPSA) is 18.5 Å². The Hall–Kier alpha value is -0.0800. The molecule has 2 aliphatic rings. The fourth-order valence-corrected chi connectivity index (χ4v) is 4.70. The van der Waals surface area contributed by atoms with E-state index in [1.807, 2.05) is 6.92 Å². The van der Waals surface area contributed by atoms with Gasteiger partial charge in [0.2, 0.25) is 0 Å². The van der Waals surface area contributed by atoms with Gasteiger partial charge >= 0.3 is 0 Å². The maximum Gasteiger partial charge on any atom is 0.154 e. The van der Waals surface area contributed by atoms with Crippen LogP contribution >= 0.6 is 0 Å². The molecular weight excluding hydrogens is 248 g/mol. The molecule has 2 heteroatoms. The summed E-state index contributed by atoms with van der Waals surface area (Å²) in [7, 11) is 1.75. The second-order valence-corrected chi connectivity index (χ2v) is 7.79. The van der Waals surface area contributed by atoms with Crippen molar-refractivity contribution in [3.8, 4) is 0 Å². The summed E-state index contributed by atoms with van der Waals surface area (Å²) in [5.41, 5.74) is 0. The molecule has 2 bridgehead atoms. The second-order valence-electron chi connectivity index (χ2n) is 7.79. The average Bonchev–Trinajstić information content (AvgIpc) is 2.63. The van der Waals surface area contributed by atoms with Gasteiger partial charge in [0, 0.05) is 7.11 Å². The molecule has 0 saturated heterocycles. The fraction of sp³-hybridized carbons (Fsp3) is 1.00. The molecule has 2 aliphatic carbocycles. The van der Waals surface area contributed by atoms with Gasteiger partial charge in [-0.25, -0.2) is 0 Å². The molecule has 0 spiro atoms. The van der Waals surface area contributed by atoms with Crippen molar-refractivity contribution < 1.29 is 9.47 Å².